The average Bonchev–Trinajstić information content (AvgIpc) is 3.10. The number of rotatable bonds is 43. The summed E-state index contributed by atoms with van der Waals surface area (Å²) in [5.41, 5.74) is 0.369. The predicted molar refractivity (Wildman–Crippen MR) is 185 cm³/mol. The van der Waals surface area contributed by atoms with E-state index >= 15 is 0 Å². The Morgan fingerprint density at radius 2 is 0.592 bits per heavy atom. The van der Waals surface area contributed by atoms with Crippen LogP contribution in [-0.2, 0) is 66.4 Å². The van der Waals surface area contributed by atoms with Crippen molar-refractivity contribution in [1.29, 1.82) is 0 Å². The summed E-state index contributed by atoms with van der Waals surface area (Å²) in [6, 6.07) is 0. The Bertz CT molecular complexity index is 677. The molecule has 0 N–H and O–H groups in total. The zero-order valence-electron chi connectivity index (χ0n) is 30.0. The standard InChI is InChI=1S/C34H65ClO14/c1-33(2)34(36)49-32-31-48-30-29-47-28-27-46-26-25-45-24-23-44-22-21-43-20-19-42-18-17-41-16-15-40-14-13-39-12-11-38-10-9-37-8-6-4-3-5-7-35/h1,3-32H2,2H3. The van der Waals surface area contributed by atoms with Gasteiger partial charge in [0, 0.05) is 18.1 Å². The second kappa shape index (κ2) is 43.2. The summed E-state index contributed by atoms with van der Waals surface area (Å²) in [5.74, 6) is 0.327. The average molecular weight is 733 g/mol. The lowest BCUT2D eigenvalue weighted by Crippen LogP contribution is -2.16. The van der Waals surface area contributed by atoms with Gasteiger partial charge in [0.1, 0.15) is 6.61 Å². The van der Waals surface area contributed by atoms with Gasteiger partial charge in [-0.3, -0.25) is 0 Å². The number of halogens is 1. The molecule has 0 aromatic heterocycles. The predicted octanol–water partition coefficient (Wildman–Crippen LogP) is 3.10. The lowest BCUT2D eigenvalue weighted by molar-refractivity contribution is -0.140. The van der Waals surface area contributed by atoms with Crippen LogP contribution < -0.4 is 0 Å². The summed E-state index contributed by atoms with van der Waals surface area (Å²) in [6.07, 6.45) is 4.48. The normalized spacial score (nSPS) is 11.4. The molecule has 0 aliphatic heterocycles. The smallest absolute Gasteiger partial charge is 0.333 e. The van der Waals surface area contributed by atoms with Gasteiger partial charge < -0.3 is 61.6 Å². The fourth-order valence-electron chi connectivity index (χ4n) is 3.49. The lowest BCUT2D eigenvalue weighted by Gasteiger charge is -2.09. The molecule has 15 heteroatoms. The highest BCUT2D eigenvalue weighted by molar-refractivity contribution is 6.17. The minimum atomic E-state index is -0.413. The highest BCUT2D eigenvalue weighted by Gasteiger charge is 2.02. The zero-order chi connectivity index (χ0) is 35.6. The molecule has 0 saturated carbocycles. The van der Waals surface area contributed by atoms with E-state index in [0.29, 0.717) is 158 Å². The molecular formula is C34H65ClO14. The Labute approximate surface area is 299 Å². The quantitative estimate of drug-likeness (QED) is 0.0393. The monoisotopic (exact) mass is 732 g/mol. The molecule has 0 atom stereocenters. The van der Waals surface area contributed by atoms with E-state index in [0.717, 1.165) is 31.7 Å². The maximum atomic E-state index is 11.2. The van der Waals surface area contributed by atoms with Crippen LogP contribution in [0.2, 0.25) is 0 Å². The minimum Gasteiger partial charge on any atom is -0.460 e. The van der Waals surface area contributed by atoms with Gasteiger partial charge in [-0.1, -0.05) is 19.4 Å². The summed E-state index contributed by atoms with van der Waals surface area (Å²) in [5, 5.41) is 0. The molecule has 0 fully saturated rings. The number of alkyl halides is 1. The Morgan fingerprint density at radius 3 is 0.837 bits per heavy atom. The number of hydrogen-bond donors (Lipinski definition) is 0. The van der Waals surface area contributed by atoms with Crippen LogP contribution in [0.1, 0.15) is 32.6 Å². The van der Waals surface area contributed by atoms with Gasteiger partial charge in [-0.15, -0.1) is 11.6 Å². The third-order valence-corrected chi connectivity index (χ3v) is 6.34. The molecule has 0 aromatic carbocycles. The largest absolute Gasteiger partial charge is 0.460 e. The molecule has 0 aliphatic carbocycles. The molecule has 0 spiro atoms. The maximum absolute atomic E-state index is 11.2. The topological polar surface area (TPSA) is 137 Å². The first-order valence-electron chi connectivity index (χ1n) is 17.5. The van der Waals surface area contributed by atoms with E-state index in [4.69, 9.17) is 73.2 Å². The van der Waals surface area contributed by atoms with Crippen LogP contribution >= 0.6 is 11.6 Å². The summed E-state index contributed by atoms with van der Waals surface area (Å²) in [6.45, 7) is 17.5. The van der Waals surface area contributed by atoms with Crippen LogP contribution in [0.4, 0.5) is 0 Å². The van der Waals surface area contributed by atoms with Gasteiger partial charge in [-0.25, -0.2) is 4.79 Å². The molecule has 292 valence electrons. The highest BCUT2D eigenvalue weighted by atomic mass is 35.5. The molecule has 0 heterocycles. The maximum Gasteiger partial charge on any atom is 0.333 e. The fraction of sp³-hybridized carbons (Fsp3) is 0.912. The number of esters is 1. The number of carbonyl (C=O) groups is 1. The molecule has 0 amide bonds. The van der Waals surface area contributed by atoms with Gasteiger partial charge >= 0.3 is 5.97 Å². The highest BCUT2D eigenvalue weighted by Crippen LogP contribution is 2.01. The second-order valence-corrected chi connectivity index (χ2v) is 10.7. The number of ether oxygens (including phenoxy) is 13. The molecule has 49 heavy (non-hydrogen) atoms. The van der Waals surface area contributed by atoms with E-state index in [1.807, 2.05) is 0 Å². The van der Waals surface area contributed by atoms with E-state index in [9.17, 15) is 4.79 Å². The van der Waals surface area contributed by atoms with Crippen LogP contribution in [0.25, 0.3) is 0 Å². The Balaban J connectivity index is 3.07. The van der Waals surface area contributed by atoms with Crippen molar-refractivity contribution in [2.45, 2.75) is 32.6 Å². The number of carbonyl (C=O) groups excluding carboxylic acids is 1. The number of unbranched alkanes of at least 4 members (excludes halogenated alkanes) is 3. The van der Waals surface area contributed by atoms with Crippen LogP contribution in [-0.4, -0.2) is 177 Å². The van der Waals surface area contributed by atoms with Crippen molar-refractivity contribution in [2.75, 3.05) is 171 Å². The Morgan fingerprint density at radius 1 is 0.367 bits per heavy atom. The van der Waals surface area contributed by atoms with Gasteiger partial charge in [0.25, 0.3) is 0 Å². The second-order valence-electron chi connectivity index (χ2n) is 10.4. The van der Waals surface area contributed by atoms with Crippen molar-refractivity contribution >= 4 is 17.6 Å². The van der Waals surface area contributed by atoms with Crippen molar-refractivity contribution in [1.82, 2.24) is 0 Å². The van der Waals surface area contributed by atoms with Crippen LogP contribution in [0.5, 0.6) is 0 Å². The molecule has 0 rings (SSSR count). The van der Waals surface area contributed by atoms with Gasteiger partial charge in [0.15, 0.2) is 0 Å². The summed E-state index contributed by atoms with van der Waals surface area (Å²) < 4.78 is 70.4. The van der Waals surface area contributed by atoms with Crippen LogP contribution in [0.15, 0.2) is 12.2 Å². The molecule has 0 aliphatic rings. The van der Waals surface area contributed by atoms with E-state index in [2.05, 4.69) is 6.58 Å². The molecule has 0 unspecified atom stereocenters. The lowest BCUT2D eigenvalue weighted by atomic mass is 10.2. The minimum absolute atomic E-state index is 0.198. The molecular weight excluding hydrogens is 668 g/mol. The summed E-state index contributed by atoms with van der Waals surface area (Å²) in [4.78, 5) is 11.2. The van der Waals surface area contributed by atoms with Gasteiger partial charge in [0.2, 0.25) is 0 Å². The third kappa shape index (κ3) is 43.1. The van der Waals surface area contributed by atoms with Crippen molar-refractivity contribution in [3.8, 4) is 0 Å². The number of hydrogen-bond acceptors (Lipinski definition) is 14. The van der Waals surface area contributed by atoms with E-state index in [1.54, 1.807) is 6.92 Å². The molecule has 0 bridgehead atoms. The Hall–Kier alpha value is -0.980. The third-order valence-electron chi connectivity index (χ3n) is 6.07. The van der Waals surface area contributed by atoms with Crippen LogP contribution in [0.3, 0.4) is 0 Å². The molecule has 0 radical (unpaired) electrons. The van der Waals surface area contributed by atoms with Crippen molar-refractivity contribution < 1.29 is 66.4 Å². The van der Waals surface area contributed by atoms with Crippen LogP contribution in [0, 0.1) is 0 Å². The van der Waals surface area contributed by atoms with E-state index < -0.39 is 5.97 Å². The van der Waals surface area contributed by atoms with Crippen molar-refractivity contribution in [3.05, 3.63) is 12.2 Å². The zero-order valence-corrected chi connectivity index (χ0v) is 30.8. The first-order chi connectivity index (χ1) is 24.2. The van der Waals surface area contributed by atoms with Crippen molar-refractivity contribution in [2.24, 2.45) is 0 Å². The van der Waals surface area contributed by atoms with E-state index in [-0.39, 0.29) is 6.61 Å². The first-order valence-corrected chi connectivity index (χ1v) is 18.0. The van der Waals surface area contributed by atoms with Gasteiger partial charge in [-0.05, 0) is 19.8 Å². The van der Waals surface area contributed by atoms with E-state index in [1.165, 1.54) is 6.42 Å². The first kappa shape index (κ1) is 48.0. The molecule has 0 saturated heterocycles. The Kier molecular flexibility index (Phi) is 42.3. The van der Waals surface area contributed by atoms with Crippen molar-refractivity contribution in [3.63, 3.8) is 0 Å². The molecule has 0 aromatic rings. The van der Waals surface area contributed by atoms with Gasteiger partial charge in [-0.2, -0.15) is 0 Å². The summed E-state index contributed by atoms with van der Waals surface area (Å²) in [7, 11) is 0. The fourth-order valence-corrected chi connectivity index (χ4v) is 3.68. The SMILES string of the molecule is C=C(C)C(=O)OCCOCCOCCOCCOCCOCCOCCOCCOCCOCCOCCOCCOCCCCCCCl. The van der Waals surface area contributed by atoms with Gasteiger partial charge in [0.05, 0.1) is 152 Å². The molecule has 14 nitrogen and oxygen atoms in total. The summed E-state index contributed by atoms with van der Waals surface area (Å²) >= 11 is 5.65.